The highest BCUT2D eigenvalue weighted by molar-refractivity contribution is 6.04. The molecule has 2 N–H and O–H groups in total. The summed E-state index contributed by atoms with van der Waals surface area (Å²) in [6, 6.07) is 14.5. The van der Waals surface area contributed by atoms with E-state index in [2.05, 4.69) is 10.6 Å². The molecule has 0 fully saturated rings. The minimum absolute atomic E-state index is 0.203. The van der Waals surface area contributed by atoms with Crippen molar-refractivity contribution in [3.63, 3.8) is 0 Å². The van der Waals surface area contributed by atoms with Crippen LogP contribution < -0.4 is 15.4 Å². The molecule has 2 rings (SSSR count). The number of anilines is 1. The van der Waals surface area contributed by atoms with Gasteiger partial charge in [0.05, 0.1) is 11.3 Å². The third-order valence-corrected chi connectivity index (χ3v) is 3.73. The van der Waals surface area contributed by atoms with E-state index in [0.717, 1.165) is 12.0 Å². The number of amides is 2. The highest BCUT2D eigenvalue weighted by Gasteiger charge is 2.18. The smallest absolute Gasteiger partial charge is 0.265 e. The molecule has 25 heavy (non-hydrogen) atoms. The predicted molar refractivity (Wildman–Crippen MR) is 99.0 cm³/mol. The summed E-state index contributed by atoms with van der Waals surface area (Å²) in [4.78, 5) is 24.7. The Balaban J connectivity index is 2.07. The third-order valence-electron chi connectivity index (χ3n) is 3.73. The molecule has 5 heteroatoms. The van der Waals surface area contributed by atoms with Gasteiger partial charge in [0, 0.05) is 6.54 Å². The lowest BCUT2D eigenvalue weighted by Gasteiger charge is -2.17. The van der Waals surface area contributed by atoms with Gasteiger partial charge in [-0.3, -0.25) is 9.59 Å². The van der Waals surface area contributed by atoms with Crippen molar-refractivity contribution in [2.24, 2.45) is 0 Å². The number of para-hydroxylation sites is 2. The van der Waals surface area contributed by atoms with E-state index in [-0.39, 0.29) is 11.8 Å². The molecule has 0 radical (unpaired) electrons. The maximum Gasteiger partial charge on any atom is 0.265 e. The number of rotatable bonds is 7. The third kappa shape index (κ3) is 5.08. The molecule has 0 aliphatic heterocycles. The van der Waals surface area contributed by atoms with Crippen LogP contribution in [-0.2, 0) is 4.79 Å². The van der Waals surface area contributed by atoms with Crippen molar-refractivity contribution < 1.29 is 14.3 Å². The SMILES string of the molecule is CCCNC(=O)c1ccccc1NC(=O)C(C)Oc1ccccc1C. The molecule has 132 valence electrons. The van der Waals surface area contributed by atoms with Gasteiger partial charge in [0.2, 0.25) is 0 Å². The van der Waals surface area contributed by atoms with Crippen LogP contribution >= 0.6 is 0 Å². The fourth-order valence-corrected chi connectivity index (χ4v) is 2.29. The van der Waals surface area contributed by atoms with E-state index < -0.39 is 6.10 Å². The second-order valence-corrected chi connectivity index (χ2v) is 5.82. The van der Waals surface area contributed by atoms with Gasteiger partial charge < -0.3 is 15.4 Å². The molecule has 2 aromatic carbocycles. The van der Waals surface area contributed by atoms with E-state index in [4.69, 9.17) is 4.74 Å². The standard InChI is InChI=1S/C20H24N2O3/c1-4-13-21-20(24)16-10-6-7-11-17(16)22-19(23)15(3)25-18-12-8-5-9-14(18)2/h5-12,15H,4,13H2,1-3H3,(H,21,24)(H,22,23). The Morgan fingerprint density at radius 1 is 1.08 bits per heavy atom. The van der Waals surface area contributed by atoms with E-state index in [1.165, 1.54) is 0 Å². The molecule has 0 bridgehead atoms. The fourth-order valence-electron chi connectivity index (χ4n) is 2.29. The zero-order valence-corrected chi connectivity index (χ0v) is 14.8. The zero-order valence-electron chi connectivity index (χ0n) is 14.8. The summed E-state index contributed by atoms with van der Waals surface area (Å²) in [6.45, 7) is 6.18. The number of carbonyl (C=O) groups is 2. The van der Waals surface area contributed by atoms with Crippen molar-refractivity contribution in [3.8, 4) is 5.75 Å². The van der Waals surface area contributed by atoms with Crippen molar-refractivity contribution in [1.29, 1.82) is 0 Å². The van der Waals surface area contributed by atoms with Gasteiger partial charge in [0.25, 0.3) is 11.8 Å². The molecule has 0 spiro atoms. The zero-order chi connectivity index (χ0) is 18.2. The van der Waals surface area contributed by atoms with Crippen LogP contribution in [0.5, 0.6) is 5.75 Å². The van der Waals surface area contributed by atoms with Gasteiger partial charge in [-0.15, -0.1) is 0 Å². The van der Waals surface area contributed by atoms with Crippen molar-refractivity contribution >= 4 is 17.5 Å². The first-order valence-electron chi connectivity index (χ1n) is 8.43. The maximum atomic E-state index is 12.4. The van der Waals surface area contributed by atoms with E-state index in [1.54, 1.807) is 31.2 Å². The molecule has 1 unspecified atom stereocenters. The molecule has 0 aromatic heterocycles. The summed E-state index contributed by atoms with van der Waals surface area (Å²) >= 11 is 0. The van der Waals surface area contributed by atoms with Gasteiger partial charge >= 0.3 is 0 Å². The maximum absolute atomic E-state index is 12.4. The monoisotopic (exact) mass is 340 g/mol. The quantitative estimate of drug-likeness (QED) is 0.810. The number of carbonyl (C=O) groups excluding carboxylic acids is 2. The van der Waals surface area contributed by atoms with Gasteiger partial charge in [-0.25, -0.2) is 0 Å². The molecule has 1 atom stereocenters. The lowest BCUT2D eigenvalue weighted by molar-refractivity contribution is -0.122. The minimum Gasteiger partial charge on any atom is -0.481 e. The topological polar surface area (TPSA) is 67.4 Å². The van der Waals surface area contributed by atoms with Crippen molar-refractivity contribution in [1.82, 2.24) is 5.32 Å². The average molecular weight is 340 g/mol. The van der Waals surface area contributed by atoms with Crippen LogP contribution in [0, 0.1) is 6.92 Å². The van der Waals surface area contributed by atoms with Crippen LogP contribution in [0.3, 0.4) is 0 Å². The highest BCUT2D eigenvalue weighted by Crippen LogP contribution is 2.19. The normalized spacial score (nSPS) is 11.5. The summed E-state index contributed by atoms with van der Waals surface area (Å²) < 4.78 is 5.73. The Kier molecular flexibility index (Phi) is 6.57. The van der Waals surface area contributed by atoms with Crippen LogP contribution in [0.4, 0.5) is 5.69 Å². The Bertz CT molecular complexity index is 743. The molecule has 2 amide bonds. The van der Waals surface area contributed by atoms with E-state index in [9.17, 15) is 9.59 Å². The fraction of sp³-hybridized carbons (Fsp3) is 0.300. The van der Waals surface area contributed by atoms with Gasteiger partial charge in [-0.2, -0.15) is 0 Å². The Hall–Kier alpha value is -2.82. The van der Waals surface area contributed by atoms with Crippen molar-refractivity contribution in [3.05, 3.63) is 59.7 Å². The minimum atomic E-state index is -0.687. The molecule has 0 saturated heterocycles. The van der Waals surface area contributed by atoms with Crippen LogP contribution in [0.2, 0.25) is 0 Å². The summed E-state index contributed by atoms with van der Waals surface area (Å²) in [5, 5.41) is 5.60. The Morgan fingerprint density at radius 2 is 1.76 bits per heavy atom. The lowest BCUT2D eigenvalue weighted by atomic mass is 10.1. The van der Waals surface area contributed by atoms with Crippen LogP contribution in [0.15, 0.2) is 48.5 Å². The van der Waals surface area contributed by atoms with E-state index in [1.807, 2.05) is 38.1 Å². The molecular formula is C20H24N2O3. The van der Waals surface area contributed by atoms with Crippen LogP contribution in [0.1, 0.15) is 36.2 Å². The number of ether oxygens (including phenoxy) is 1. The molecule has 0 aliphatic rings. The lowest BCUT2D eigenvalue weighted by Crippen LogP contribution is -2.32. The largest absolute Gasteiger partial charge is 0.481 e. The molecule has 0 saturated carbocycles. The molecule has 0 aliphatic carbocycles. The first-order valence-corrected chi connectivity index (χ1v) is 8.43. The molecular weight excluding hydrogens is 316 g/mol. The molecule has 5 nitrogen and oxygen atoms in total. The Labute approximate surface area is 148 Å². The number of hydrogen-bond acceptors (Lipinski definition) is 3. The van der Waals surface area contributed by atoms with Crippen LogP contribution in [0.25, 0.3) is 0 Å². The Morgan fingerprint density at radius 3 is 2.48 bits per heavy atom. The van der Waals surface area contributed by atoms with Crippen molar-refractivity contribution in [2.45, 2.75) is 33.3 Å². The van der Waals surface area contributed by atoms with Gasteiger partial charge in [0.1, 0.15) is 5.75 Å². The average Bonchev–Trinajstić information content (AvgIpc) is 2.62. The summed E-state index contributed by atoms with van der Waals surface area (Å²) in [7, 11) is 0. The number of nitrogens with one attached hydrogen (secondary N) is 2. The summed E-state index contributed by atoms with van der Waals surface area (Å²) in [5.41, 5.74) is 1.87. The summed E-state index contributed by atoms with van der Waals surface area (Å²) in [6.07, 6.45) is 0.162. The van der Waals surface area contributed by atoms with Crippen LogP contribution in [-0.4, -0.2) is 24.5 Å². The van der Waals surface area contributed by atoms with Gasteiger partial charge in [-0.05, 0) is 44.0 Å². The predicted octanol–water partition coefficient (Wildman–Crippen LogP) is 3.54. The number of hydrogen-bond donors (Lipinski definition) is 2. The number of benzene rings is 2. The van der Waals surface area contributed by atoms with Crippen molar-refractivity contribution in [2.75, 3.05) is 11.9 Å². The summed E-state index contributed by atoms with van der Waals surface area (Å²) in [5.74, 6) is 0.156. The second-order valence-electron chi connectivity index (χ2n) is 5.82. The van der Waals surface area contributed by atoms with Gasteiger partial charge in [-0.1, -0.05) is 37.3 Å². The van der Waals surface area contributed by atoms with Gasteiger partial charge in [0.15, 0.2) is 6.10 Å². The molecule has 0 heterocycles. The van der Waals surface area contributed by atoms with E-state index >= 15 is 0 Å². The molecule has 2 aromatic rings. The number of aryl methyl sites for hydroxylation is 1. The second kappa shape index (κ2) is 8.87. The highest BCUT2D eigenvalue weighted by atomic mass is 16.5. The first-order chi connectivity index (χ1) is 12.0. The first kappa shape index (κ1) is 18.5. The van der Waals surface area contributed by atoms with E-state index in [0.29, 0.717) is 23.5 Å².